The third kappa shape index (κ3) is 5.16. The Bertz CT molecular complexity index is 151. The molecule has 0 atom stereocenters. The summed E-state index contributed by atoms with van der Waals surface area (Å²) in [5, 5.41) is 8.76. The monoisotopic (exact) mass is 205 g/mol. The van der Waals surface area contributed by atoms with Gasteiger partial charge in [0.15, 0.2) is 0 Å². The maximum atomic E-state index is 11.5. The zero-order chi connectivity index (χ0) is 10.3. The van der Waals surface area contributed by atoms with Gasteiger partial charge in [0.1, 0.15) is 0 Å². The third-order valence-electron chi connectivity index (χ3n) is 1.80. The molecule has 3 nitrogen and oxygen atoms in total. The molecule has 0 bridgehead atoms. The molecular weight excluding hydrogens is 186 g/mol. The molecule has 0 heterocycles. The van der Waals surface area contributed by atoms with E-state index in [1.54, 1.807) is 16.7 Å². The number of aliphatic hydroxyl groups excluding tert-OH is 1. The van der Waals surface area contributed by atoms with Crippen LogP contribution in [-0.2, 0) is 4.79 Å². The van der Waals surface area contributed by atoms with Crippen LogP contribution >= 0.6 is 11.8 Å². The van der Waals surface area contributed by atoms with Gasteiger partial charge in [-0.2, -0.15) is 11.8 Å². The number of nitrogens with zero attached hydrogens (tertiary/aromatic N) is 1. The van der Waals surface area contributed by atoms with Crippen molar-refractivity contribution >= 4 is 17.7 Å². The lowest BCUT2D eigenvalue weighted by Crippen LogP contribution is -2.39. The molecule has 0 rings (SSSR count). The second-order valence-electron chi connectivity index (χ2n) is 3.15. The van der Waals surface area contributed by atoms with Crippen molar-refractivity contribution in [3.63, 3.8) is 0 Å². The Hall–Kier alpha value is -0.220. The first-order valence-corrected chi connectivity index (χ1v) is 5.92. The molecule has 0 aromatic carbocycles. The molecule has 13 heavy (non-hydrogen) atoms. The zero-order valence-electron chi connectivity index (χ0n) is 8.62. The smallest absolute Gasteiger partial charge is 0.223 e. The Morgan fingerprint density at radius 2 is 2.15 bits per heavy atom. The van der Waals surface area contributed by atoms with Crippen LogP contribution in [0.1, 0.15) is 20.3 Å². The number of aliphatic hydroxyl groups is 1. The number of rotatable bonds is 6. The van der Waals surface area contributed by atoms with Crippen molar-refractivity contribution in [1.82, 2.24) is 4.90 Å². The van der Waals surface area contributed by atoms with E-state index in [0.29, 0.717) is 13.0 Å². The molecule has 0 spiro atoms. The molecule has 0 fully saturated rings. The van der Waals surface area contributed by atoms with Crippen molar-refractivity contribution in [2.75, 3.05) is 25.2 Å². The number of hydrogen-bond acceptors (Lipinski definition) is 3. The average molecular weight is 205 g/mol. The van der Waals surface area contributed by atoms with Gasteiger partial charge >= 0.3 is 0 Å². The van der Waals surface area contributed by atoms with Crippen molar-refractivity contribution in [3.05, 3.63) is 0 Å². The number of carbonyl (C=O) groups is 1. The van der Waals surface area contributed by atoms with Gasteiger partial charge in [-0.3, -0.25) is 4.79 Å². The van der Waals surface area contributed by atoms with E-state index in [0.717, 1.165) is 5.75 Å². The molecule has 0 aliphatic rings. The van der Waals surface area contributed by atoms with Crippen LogP contribution < -0.4 is 0 Å². The van der Waals surface area contributed by atoms with Crippen molar-refractivity contribution in [2.45, 2.75) is 26.3 Å². The fraction of sp³-hybridized carbons (Fsp3) is 0.889. The molecule has 0 aromatic heterocycles. The van der Waals surface area contributed by atoms with Gasteiger partial charge in [0.25, 0.3) is 0 Å². The van der Waals surface area contributed by atoms with E-state index in [1.165, 1.54) is 0 Å². The van der Waals surface area contributed by atoms with Crippen LogP contribution in [-0.4, -0.2) is 47.1 Å². The van der Waals surface area contributed by atoms with Crippen molar-refractivity contribution in [1.29, 1.82) is 0 Å². The van der Waals surface area contributed by atoms with Crippen LogP contribution in [0.3, 0.4) is 0 Å². The largest absolute Gasteiger partial charge is 0.395 e. The molecule has 0 unspecified atom stereocenters. The Balaban J connectivity index is 3.96. The lowest BCUT2D eigenvalue weighted by Gasteiger charge is -2.25. The maximum Gasteiger partial charge on any atom is 0.223 e. The molecule has 78 valence electrons. The van der Waals surface area contributed by atoms with Crippen LogP contribution in [0.5, 0.6) is 0 Å². The van der Waals surface area contributed by atoms with Gasteiger partial charge in [0, 0.05) is 24.8 Å². The third-order valence-corrected chi connectivity index (χ3v) is 2.42. The predicted molar refractivity (Wildman–Crippen MR) is 56.9 cm³/mol. The maximum absolute atomic E-state index is 11.5. The van der Waals surface area contributed by atoms with E-state index in [4.69, 9.17) is 5.11 Å². The Kier molecular flexibility index (Phi) is 7.09. The fourth-order valence-electron chi connectivity index (χ4n) is 1.11. The van der Waals surface area contributed by atoms with Crippen molar-refractivity contribution in [2.24, 2.45) is 0 Å². The summed E-state index contributed by atoms with van der Waals surface area (Å²) in [6.07, 6.45) is 2.55. The quantitative estimate of drug-likeness (QED) is 0.702. The van der Waals surface area contributed by atoms with Crippen LogP contribution in [0, 0.1) is 0 Å². The molecule has 4 heteroatoms. The van der Waals surface area contributed by atoms with E-state index in [9.17, 15) is 4.79 Å². The molecule has 1 N–H and O–H groups in total. The minimum Gasteiger partial charge on any atom is -0.395 e. The summed E-state index contributed by atoms with van der Waals surface area (Å²) in [6.45, 7) is 4.42. The Morgan fingerprint density at radius 1 is 1.54 bits per heavy atom. The Morgan fingerprint density at radius 3 is 2.54 bits per heavy atom. The molecule has 0 saturated carbocycles. The molecule has 0 saturated heterocycles. The number of carbonyl (C=O) groups excluding carboxylic acids is 1. The second-order valence-corrected chi connectivity index (χ2v) is 4.13. The van der Waals surface area contributed by atoms with E-state index >= 15 is 0 Å². The highest BCUT2D eigenvalue weighted by molar-refractivity contribution is 7.98. The summed E-state index contributed by atoms with van der Waals surface area (Å²) in [4.78, 5) is 13.3. The topological polar surface area (TPSA) is 40.5 Å². The lowest BCUT2D eigenvalue weighted by atomic mass is 10.3. The van der Waals surface area contributed by atoms with Crippen molar-refractivity contribution < 1.29 is 9.90 Å². The molecule has 1 amide bonds. The molecule has 0 aromatic rings. The summed E-state index contributed by atoms with van der Waals surface area (Å²) >= 11 is 1.67. The van der Waals surface area contributed by atoms with Gasteiger partial charge in [-0.15, -0.1) is 0 Å². The summed E-state index contributed by atoms with van der Waals surface area (Å²) in [5.41, 5.74) is 0. The first kappa shape index (κ1) is 12.8. The van der Waals surface area contributed by atoms with Crippen LogP contribution in [0.2, 0.25) is 0 Å². The summed E-state index contributed by atoms with van der Waals surface area (Å²) in [7, 11) is 0. The standard InChI is InChI=1S/C9H19NO2S/c1-8(2)10(5-6-11)9(12)4-7-13-3/h8,11H,4-7H2,1-3H3. The van der Waals surface area contributed by atoms with Gasteiger partial charge < -0.3 is 10.0 Å². The predicted octanol–water partition coefficient (Wildman–Crippen LogP) is 0.969. The summed E-state index contributed by atoms with van der Waals surface area (Å²) in [6, 6.07) is 0.182. The van der Waals surface area contributed by atoms with Crippen LogP contribution in [0.25, 0.3) is 0 Å². The molecular formula is C9H19NO2S. The van der Waals surface area contributed by atoms with Gasteiger partial charge in [0.2, 0.25) is 5.91 Å². The number of thioether (sulfide) groups is 1. The minimum atomic E-state index is 0.0448. The van der Waals surface area contributed by atoms with Gasteiger partial charge in [-0.1, -0.05) is 0 Å². The van der Waals surface area contributed by atoms with Crippen molar-refractivity contribution in [3.8, 4) is 0 Å². The zero-order valence-corrected chi connectivity index (χ0v) is 9.43. The molecule has 0 radical (unpaired) electrons. The van der Waals surface area contributed by atoms with E-state index in [-0.39, 0.29) is 18.6 Å². The second kappa shape index (κ2) is 7.21. The van der Waals surface area contributed by atoms with E-state index in [1.807, 2.05) is 20.1 Å². The number of amides is 1. The van der Waals surface area contributed by atoms with Gasteiger partial charge in [-0.25, -0.2) is 0 Å². The van der Waals surface area contributed by atoms with Crippen LogP contribution in [0.15, 0.2) is 0 Å². The Labute approximate surface area is 84.5 Å². The van der Waals surface area contributed by atoms with Gasteiger partial charge in [0.05, 0.1) is 6.61 Å². The highest BCUT2D eigenvalue weighted by Crippen LogP contribution is 2.04. The van der Waals surface area contributed by atoms with E-state index < -0.39 is 0 Å². The minimum absolute atomic E-state index is 0.0448. The molecule has 0 aliphatic heterocycles. The normalized spacial score (nSPS) is 10.5. The summed E-state index contributed by atoms with van der Waals surface area (Å²) < 4.78 is 0. The highest BCUT2D eigenvalue weighted by atomic mass is 32.2. The first-order chi connectivity index (χ1) is 6.13. The first-order valence-electron chi connectivity index (χ1n) is 4.52. The van der Waals surface area contributed by atoms with Gasteiger partial charge in [-0.05, 0) is 20.1 Å². The SMILES string of the molecule is CSCCC(=O)N(CCO)C(C)C. The van der Waals surface area contributed by atoms with Crippen LogP contribution in [0.4, 0.5) is 0 Å². The fourth-order valence-corrected chi connectivity index (χ4v) is 1.49. The summed E-state index contributed by atoms with van der Waals surface area (Å²) in [5.74, 6) is 0.992. The number of hydrogen-bond donors (Lipinski definition) is 1. The molecule has 0 aliphatic carbocycles. The van der Waals surface area contributed by atoms with E-state index in [2.05, 4.69) is 0 Å². The average Bonchev–Trinajstić information content (AvgIpc) is 2.09. The highest BCUT2D eigenvalue weighted by Gasteiger charge is 2.14. The lowest BCUT2D eigenvalue weighted by molar-refractivity contribution is -0.132.